The van der Waals surface area contributed by atoms with Gasteiger partial charge in [0, 0.05) is 19.3 Å². The van der Waals surface area contributed by atoms with E-state index in [4.69, 9.17) is 10.5 Å². The number of ether oxygens (including phenoxy) is 1. The van der Waals surface area contributed by atoms with Crippen LogP contribution in [0.4, 0.5) is 5.69 Å². The molecule has 0 bridgehead atoms. The van der Waals surface area contributed by atoms with Crippen LogP contribution in [0.2, 0.25) is 0 Å². The molecule has 2 N–H and O–H groups in total. The first kappa shape index (κ1) is 14.8. The third-order valence-electron chi connectivity index (χ3n) is 3.21. The zero-order valence-electron chi connectivity index (χ0n) is 11.7. The molecular formula is C15H26N2O. The quantitative estimate of drug-likeness (QED) is 0.685. The highest BCUT2D eigenvalue weighted by atomic mass is 16.5. The second kappa shape index (κ2) is 8.81. The smallest absolute Gasteiger partial charge is 0.119 e. The number of nitrogens with two attached hydrogens (primary N) is 1. The predicted octanol–water partition coefficient (Wildman–Crippen LogP) is 3.04. The maximum absolute atomic E-state index is 5.47. The van der Waals surface area contributed by atoms with Crippen molar-refractivity contribution in [1.82, 2.24) is 0 Å². The van der Waals surface area contributed by atoms with E-state index in [2.05, 4.69) is 24.1 Å². The highest BCUT2D eigenvalue weighted by Gasteiger charge is 2.00. The van der Waals surface area contributed by atoms with Crippen LogP contribution in [0.25, 0.3) is 0 Å². The molecule has 0 saturated carbocycles. The Hall–Kier alpha value is -1.22. The lowest BCUT2D eigenvalue weighted by Gasteiger charge is -2.19. The number of rotatable bonds is 9. The number of hydrogen-bond donors (Lipinski definition) is 1. The number of methoxy groups -OCH3 is 1. The van der Waals surface area contributed by atoms with Crippen LogP contribution in [0.15, 0.2) is 24.3 Å². The van der Waals surface area contributed by atoms with E-state index in [1.165, 1.54) is 31.4 Å². The van der Waals surface area contributed by atoms with Crippen LogP contribution in [0.1, 0.15) is 32.1 Å². The summed E-state index contributed by atoms with van der Waals surface area (Å²) in [5.74, 6) is 0.911. The van der Waals surface area contributed by atoms with Gasteiger partial charge in [-0.25, -0.2) is 0 Å². The van der Waals surface area contributed by atoms with Gasteiger partial charge in [0.1, 0.15) is 5.75 Å². The standard InChI is InChI=1S/C15H26N2O/c1-17(13-7-5-3-4-6-12-16)14-8-10-15(18-2)11-9-14/h8-11H,3-7,12-13,16H2,1-2H3. The molecule has 0 saturated heterocycles. The number of hydrogen-bond acceptors (Lipinski definition) is 3. The average molecular weight is 250 g/mol. The molecule has 1 rings (SSSR count). The topological polar surface area (TPSA) is 38.5 Å². The van der Waals surface area contributed by atoms with Crippen LogP contribution < -0.4 is 15.4 Å². The summed E-state index contributed by atoms with van der Waals surface area (Å²) in [7, 11) is 3.84. The fourth-order valence-electron chi connectivity index (χ4n) is 1.99. The van der Waals surface area contributed by atoms with Gasteiger partial charge in [0.2, 0.25) is 0 Å². The molecule has 3 nitrogen and oxygen atoms in total. The van der Waals surface area contributed by atoms with Gasteiger partial charge >= 0.3 is 0 Å². The minimum absolute atomic E-state index is 0.825. The van der Waals surface area contributed by atoms with Crippen LogP contribution in [-0.2, 0) is 0 Å². The van der Waals surface area contributed by atoms with Gasteiger partial charge in [-0.3, -0.25) is 0 Å². The van der Waals surface area contributed by atoms with Gasteiger partial charge in [-0.2, -0.15) is 0 Å². The van der Waals surface area contributed by atoms with Gasteiger partial charge in [-0.15, -0.1) is 0 Å². The van der Waals surface area contributed by atoms with Crippen molar-refractivity contribution in [3.8, 4) is 5.75 Å². The Bertz CT molecular complexity index is 311. The third kappa shape index (κ3) is 5.41. The van der Waals surface area contributed by atoms with Gasteiger partial charge < -0.3 is 15.4 Å². The van der Waals surface area contributed by atoms with E-state index in [9.17, 15) is 0 Å². The molecule has 0 aliphatic rings. The number of benzene rings is 1. The fraction of sp³-hybridized carbons (Fsp3) is 0.600. The van der Waals surface area contributed by atoms with Crippen LogP contribution in [0, 0.1) is 0 Å². The van der Waals surface area contributed by atoms with E-state index in [-0.39, 0.29) is 0 Å². The molecule has 0 amide bonds. The molecule has 0 aliphatic heterocycles. The first-order valence-electron chi connectivity index (χ1n) is 6.83. The maximum atomic E-state index is 5.47. The van der Waals surface area contributed by atoms with Crippen molar-refractivity contribution in [3.63, 3.8) is 0 Å². The Morgan fingerprint density at radius 3 is 2.22 bits per heavy atom. The molecule has 1 aromatic carbocycles. The lowest BCUT2D eigenvalue weighted by molar-refractivity contribution is 0.415. The molecule has 18 heavy (non-hydrogen) atoms. The third-order valence-corrected chi connectivity index (χ3v) is 3.21. The maximum Gasteiger partial charge on any atom is 0.119 e. The Labute approximate surface area is 111 Å². The summed E-state index contributed by atoms with van der Waals surface area (Å²) in [4.78, 5) is 2.29. The normalized spacial score (nSPS) is 10.4. The van der Waals surface area contributed by atoms with Crippen molar-refractivity contribution >= 4 is 5.69 Å². The predicted molar refractivity (Wildman–Crippen MR) is 78.4 cm³/mol. The zero-order chi connectivity index (χ0) is 13.2. The summed E-state index contributed by atoms with van der Waals surface area (Å²) < 4.78 is 5.16. The van der Waals surface area contributed by atoms with E-state index in [1.807, 2.05) is 12.1 Å². The number of unbranched alkanes of at least 4 members (excludes halogenated alkanes) is 4. The minimum atomic E-state index is 0.825. The SMILES string of the molecule is COc1ccc(N(C)CCCCCCCN)cc1. The molecule has 0 atom stereocenters. The summed E-state index contributed by atoms with van der Waals surface area (Å²) in [5.41, 5.74) is 6.72. The molecule has 3 heteroatoms. The Kier molecular flexibility index (Phi) is 7.26. The van der Waals surface area contributed by atoms with Gasteiger partial charge in [-0.05, 0) is 43.7 Å². The van der Waals surface area contributed by atoms with Crippen molar-refractivity contribution in [1.29, 1.82) is 0 Å². The van der Waals surface area contributed by atoms with Gasteiger partial charge in [0.15, 0.2) is 0 Å². The fourth-order valence-corrected chi connectivity index (χ4v) is 1.99. The van der Waals surface area contributed by atoms with Crippen molar-refractivity contribution in [2.24, 2.45) is 5.73 Å². The van der Waals surface area contributed by atoms with Gasteiger partial charge in [0.05, 0.1) is 7.11 Å². The summed E-state index contributed by atoms with van der Waals surface area (Å²) in [6.07, 6.45) is 6.26. The molecule has 102 valence electrons. The minimum Gasteiger partial charge on any atom is -0.497 e. The Balaban J connectivity index is 2.21. The molecule has 0 fully saturated rings. The summed E-state index contributed by atoms with van der Waals surface area (Å²) in [5, 5.41) is 0. The van der Waals surface area contributed by atoms with E-state index in [1.54, 1.807) is 7.11 Å². The summed E-state index contributed by atoms with van der Waals surface area (Å²) >= 11 is 0. The second-order valence-corrected chi connectivity index (χ2v) is 4.68. The van der Waals surface area contributed by atoms with Crippen LogP contribution in [0.3, 0.4) is 0 Å². The van der Waals surface area contributed by atoms with E-state index >= 15 is 0 Å². The Morgan fingerprint density at radius 1 is 1.00 bits per heavy atom. The summed E-state index contributed by atoms with van der Waals surface area (Å²) in [6.45, 7) is 1.93. The van der Waals surface area contributed by atoms with Crippen LogP contribution in [-0.4, -0.2) is 27.2 Å². The molecular weight excluding hydrogens is 224 g/mol. The highest BCUT2D eigenvalue weighted by molar-refractivity contribution is 5.48. The zero-order valence-corrected chi connectivity index (χ0v) is 11.7. The first-order valence-corrected chi connectivity index (χ1v) is 6.83. The van der Waals surface area contributed by atoms with E-state index in [0.717, 1.165) is 25.3 Å². The molecule has 0 radical (unpaired) electrons. The molecule has 0 spiro atoms. The van der Waals surface area contributed by atoms with Crippen molar-refractivity contribution in [2.75, 3.05) is 32.1 Å². The molecule has 0 aromatic heterocycles. The lowest BCUT2D eigenvalue weighted by atomic mass is 10.1. The van der Waals surface area contributed by atoms with Crippen molar-refractivity contribution in [3.05, 3.63) is 24.3 Å². The number of nitrogens with zero attached hydrogens (tertiary/aromatic N) is 1. The number of anilines is 1. The molecule has 0 unspecified atom stereocenters. The van der Waals surface area contributed by atoms with Crippen molar-refractivity contribution < 1.29 is 4.74 Å². The van der Waals surface area contributed by atoms with Crippen LogP contribution in [0.5, 0.6) is 5.75 Å². The Morgan fingerprint density at radius 2 is 1.61 bits per heavy atom. The molecule has 0 heterocycles. The second-order valence-electron chi connectivity index (χ2n) is 4.68. The average Bonchev–Trinajstić information content (AvgIpc) is 2.42. The molecule has 1 aromatic rings. The van der Waals surface area contributed by atoms with E-state index in [0.29, 0.717) is 0 Å². The van der Waals surface area contributed by atoms with Crippen molar-refractivity contribution in [2.45, 2.75) is 32.1 Å². The largest absolute Gasteiger partial charge is 0.497 e. The first-order chi connectivity index (χ1) is 8.77. The van der Waals surface area contributed by atoms with Crippen LogP contribution >= 0.6 is 0 Å². The van der Waals surface area contributed by atoms with Gasteiger partial charge in [0.25, 0.3) is 0 Å². The lowest BCUT2D eigenvalue weighted by Crippen LogP contribution is -2.18. The van der Waals surface area contributed by atoms with E-state index < -0.39 is 0 Å². The van der Waals surface area contributed by atoms with Gasteiger partial charge in [-0.1, -0.05) is 19.3 Å². The highest BCUT2D eigenvalue weighted by Crippen LogP contribution is 2.18. The molecule has 0 aliphatic carbocycles. The monoisotopic (exact) mass is 250 g/mol. The summed E-state index contributed by atoms with van der Waals surface area (Å²) in [6, 6.07) is 8.22.